The number of benzene rings is 2. The number of piperidine rings is 1. The monoisotopic (exact) mass is 411 g/mol. The third-order valence-electron chi connectivity index (χ3n) is 5.13. The number of carbonyl (C=O) groups excluding carboxylic acids is 3. The fraction of sp³-hybridized carbons (Fsp3) is 0.348. The molecule has 2 atom stereocenters. The van der Waals surface area contributed by atoms with Gasteiger partial charge in [-0.05, 0) is 55.3 Å². The van der Waals surface area contributed by atoms with Crippen molar-refractivity contribution in [2.75, 3.05) is 25.7 Å². The fourth-order valence-electron chi connectivity index (χ4n) is 3.65. The van der Waals surface area contributed by atoms with Gasteiger partial charge in [0.2, 0.25) is 5.91 Å². The van der Waals surface area contributed by atoms with E-state index in [9.17, 15) is 14.4 Å². The van der Waals surface area contributed by atoms with E-state index in [1.165, 1.54) is 6.92 Å². The van der Waals surface area contributed by atoms with Crippen LogP contribution in [0.4, 0.5) is 5.69 Å². The largest absolute Gasteiger partial charge is 0.497 e. The van der Waals surface area contributed by atoms with Crippen LogP contribution in [0.1, 0.15) is 31.4 Å². The van der Waals surface area contributed by atoms with Gasteiger partial charge in [-0.3, -0.25) is 14.4 Å². The Kier molecular flexibility index (Phi) is 6.72. The zero-order valence-electron chi connectivity index (χ0n) is 17.3. The van der Waals surface area contributed by atoms with Crippen molar-refractivity contribution >= 4 is 23.3 Å². The number of ketones is 1. The van der Waals surface area contributed by atoms with E-state index in [-0.39, 0.29) is 24.7 Å². The van der Waals surface area contributed by atoms with Gasteiger partial charge in [-0.2, -0.15) is 0 Å². The molecule has 1 aliphatic rings. The van der Waals surface area contributed by atoms with E-state index in [2.05, 4.69) is 0 Å². The van der Waals surface area contributed by atoms with Crippen LogP contribution >= 0.6 is 0 Å². The molecule has 158 valence electrons. The predicted molar refractivity (Wildman–Crippen MR) is 111 cm³/mol. The van der Waals surface area contributed by atoms with Crippen molar-refractivity contribution in [2.24, 2.45) is 5.92 Å². The van der Waals surface area contributed by atoms with Gasteiger partial charge in [0.1, 0.15) is 18.1 Å². The quantitative estimate of drug-likeness (QED) is 0.650. The summed E-state index contributed by atoms with van der Waals surface area (Å²) < 4.78 is 15.7. The Labute approximate surface area is 175 Å². The van der Waals surface area contributed by atoms with Crippen LogP contribution in [0.3, 0.4) is 0 Å². The molecule has 0 spiro atoms. The van der Waals surface area contributed by atoms with Crippen LogP contribution < -0.4 is 14.4 Å². The van der Waals surface area contributed by atoms with Gasteiger partial charge < -0.3 is 19.1 Å². The van der Waals surface area contributed by atoms with Crippen molar-refractivity contribution < 1.29 is 28.6 Å². The lowest BCUT2D eigenvalue weighted by Crippen LogP contribution is -2.46. The second kappa shape index (κ2) is 9.43. The van der Waals surface area contributed by atoms with Crippen LogP contribution in [0.15, 0.2) is 48.5 Å². The molecule has 0 N–H and O–H groups in total. The van der Waals surface area contributed by atoms with Gasteiger partial charge in [-0.1, -0.05) is 12.1 Å². The summed E-state index contributed by atoms with van der Waals surface area (Å²) in [6.07, 6.45) is 0.553. The second-order valence-electron chi connectivity index (χ2n) is 7.13. The first kappa shape index (κ1) is 21.4. The standard InChI is InChI=1S/C23H25NO6/c1-15(25)14-30-23(27)20-12-13-21(26)24(17-6-10-19(29-3)11-7-17)22(20)16-4-8-18(28-2)9-5-16/h4-11,20,22H,12-14H2,1-3H3. The smallest absolute Gasteiger partial charge is 0.311 e. The van der Waals surface area contributed by atoms with E-state index >= 15 is 0 Å². The average Bonchev–Trinajstić information content (AvgIpc) is 2.77. The van der Waals surface area contributed by atoms with Crippen LogP contribution in [0, 0.1) is 5.92 Å². The van der Waals surface area contributed by atoms with Crippen LogP contribution in [0.2, 0.25) is 0 Å². The van der Waals surface area contributed by atoms with Crippen LogP contribution in [-0.2, 0) is 19.1 Å². The molecule has 7 nitrogen and oxygen atoms in total. The number of anilines is 1. The lowest BCUT2D eigenvalue weighted by atomic mass is 9.83. The number of methoxy groups -OCH3 is 2. The van der Waals surface area contributed by atoms with Crippen LogP contribution in [0.25, 0.3) is 0 Å². The van der Waals surface area contributed by atoms with Crippen molar-refractivity contribution in [1.82, 2.24) is 0 Å². The first-order valence-corrected chi connectivity index (χ1v) is 9.70. The van der Waals surface area contributed by atoms with E-state index in [0.717, 1.165) is 5.56 Å². The lowest BCUT2D eigenvalue weighted by Gasteiger charge is -2.40. The molecule has 2 aromatic carbocycles. The molecule has 3 rings (SSSR count). The van der Waals surface area contributed by atoms with Gasteiger partial charge in [0, 0.05) is 12.1 Å². The summed E-state index contributed by atoms with van der Waals surface area (Å²) in [5.41, 5.74) is 1.44. The minimum Gasteiger partial charge on any atom is -0.497 e. The summed E-state index contributed by atoms with van der Waals surface area (Å²) >= 11 is 0. The molecule has 1 heterocycles. The van der Waals surface area contributed by atoms with Crippen molar-refractivity contribution in [3.8, 4) is 11.5 Å². The average molecular weight is 411 g/mol. The van der Waals surface area contributed by atoms with E-state index in [0.29, 0.717) is 23.6 Å². The number of Topliss-reactive ketones (excluding diaryl/α,β-unsaturated/α-hetero) is 1. The number of ether oxygens (including phenoxy) is 3. The molecule has 30 heavy (non-hydrogen) atoms. The lowest BCUT2D eigenvalue weighted by molar-refractivity contribution is -0.153. The van der Waals surface area contributed by atoms with E-state index < -0.39 is 17.9 Å². The molecule has 2 aromatic rings. The van der Waals surface area contributed by atoms with Gasteiger partial charge >= 0.3 is 5.97 Å². The number of hydrogen-bond acceptors (Lipinski definition) is 6. The molecule has 1 amide bonds. The third kappa shape index (κ3) is 4.62. The van der Waals surface area contributed by atoms with Crippen molar-refractivity contribution in [3.63, 3.8) is 0 Å². The second-order valence-corrected chi connectivity index (χ2v) is 7.13. The number of amides is 1. The summed E-state index contributed by atoms with van der Waals surface area (Å²) in [5, 5.41) is 0. The number of nitrogens with zero attached hydrogens (tertiary/aromatic N) is 1. The molecule has 1 fully saturated rings. The zero-order valence-corrected chi connectivity index (χ0v) is 17.3. The van der Waals surface area contributed by atoms with Gasteiger partial charge in [0.05, 0.1) is 26.2 Å². The molecule has 1 aliphatic heterocycles. The summed E-state index contributed by atoms with van der Waals surface area (Å²) in [6, 6.07) is 13.8. The van der Waals surface area contributed by atoms with Crippen molar-refractivity contribution in [3.05, 3.63) is 54.1 Å². The molecule has 2 unspecified atom stereocenters. The number of carbonyl (C=O) groups is 3. The van der Waals surface area contributed by atoms with Gasteiger partial charge in [0.15, 0.2) is 5.78 Å². The molecular formula is C23H25NO6. The number of rotatable bonds is 7. The Hall–Kier alpha value is -3.35. The topological polar surface area (TPSA) is 82.1 Å². The number of hydrogen-bond donors (Lipinski definition) is 0. The maximum Gasteiger partial charge on any atom is 0.311 e. The minimum atomic E-state index is -0.599. The van der Waals surface area contributed by atoms with Gasteiger partial charge in [0.25, 0.3) is 0 Å². The molecule has 0 bridgehead atoms. The molecule has 0 aliphatic carbocycles. The summed E-state index contributed by atoms with van der Waals surface area (Å²) in [6.45, 7) is 1.09. The third-order valence-corrected chi connectivity index (χ3v) is 5.13. The minimum absolute atomic E-state index is 0.0865. The van der Waals surface area contributed by atoms with Crippen LogP contribution in [-0.4, -0.2) is 38.5 Å². The predicted octanol–water partition coefficient (Wildman–Crippen LogP) is 3.32. The first-order valence-electron chi connectivity index (χ1n) is 9.70. The molecule has 0 aromatic heterocycles. The van der Waals surface area contributed by atoms with Crippen LogP contribution in [0.5, 0.6) is 11.5 Å². The Morgan fingerprint density at radius 3 is 2.07 bits per heavy atom. The highest BCUT2D eigenvalue weighted by Crippen LogP contribution is 2.41. The highest BCUT2D eigenvalue weighted by molar-refractivity contribution is 5.97. The zero-order chi connectivity index (χ0) is 21.7. The summed E-state index contributed by atoms with van der Waals surface area (Å²) in [7, 11) is 3.15. The van der Waals surface area contributed by atoms with Gasteiger partial charge in [-0.25, -0.2) is 0 Å². The highest BCUT2D eigenvalue weighted by Gasteiger charge is 2.42. The van der Waals surface area contributed by atoms with Crippen molar-refractivity contribution in [1.29, 1.82) is 0 Å². The maximum atomic E-state index is 13.0. The normalized spacial score (nSPS) is 18.6. The molecule has 0 radical (unpaired) electrons. The Morgan fingerprint density at radius 2 is 1.53 bits per heavy atom. The van der Waals surface area contributed by atoms with Gasteiger partial charge in [-0.15, -0.1) is 0 Å². The summed E-state index contributed by atoms with van der Waals surface area (Å²) in [5.74, 6) is -0.0661. The van der Waals surface area contributed by atoms with E-state index in [4.69, 9.17) is 14.2 Å². The molecule has 1 saturated heterocycles. The van der Waals surface area contributed by atoms with E-state index in [1.54, 1.807) is 55.5 Å². The molecule has 0 saturated carbocycles. The first-order chi connectivity index (χ1) is 14.4. The number of esters is 1. The molecule has 7 heteroatoms. The van der Waals surface area contributed by atoms with Crippen molar-refractivity contribution in [2.45, 2.75) is 25.8 Å². The Morgan fingerprint density at radius 1 is 0.967 bits per heavy atom. The Balaban J connectivity index is 2.02. The maximum absolute atomic E-state index is 13.0. The summed E-state index contributed by atoms with van der Waals surface area (Å²) in [4.78, 5) is 38.7. The molecular weight excluding hydrogens is 386 g/mol. The highest BCUT2D eigenvalue weighted by atomic mass is 16.5. The Bertz CT molecular complexity index is 906. The van der Waals surface area contributed by atoms with E-state index in [1.807, 2.05) is 12.1 Å². The SMILES string of the molecule is COc1ccc(C2C(C(=O)OCC(C)=O)CCC(=O)N2c2ccc(OC)cc2)cc1. The fourth-order valence-corrected chi connectivity index (χ4v) is 3.65.